The minimum Gasteiger partial charge on any atom is -0.496 e. The third kappa shape index (κ3) is 2.63. The topological polar surface area (TPSA) is 56.1 Å². The van der Waals surface area contributed by atoms with E-state index >= 15 is 0 Å². The molecular weight excluding hydrogens is 278 g/mol. The Morgan fingerprint density at radius 1 is 1.40 bits per heavy atom. The van der Waals surface area contributed by atoms with Gasteiger partial charge in [0.1, 0.15) is 5.75 Å². The highest BCUT2D eigenvalue weighted by atomic mass is 35.5. The summed E-state index contributed by atoms with van der Waals surface area (Å²) in [5.74, 6) is 0.203. The van der Waals surface area contributed by atoms with E-state index in [1.165, 1.54) is 7.11 Å². The van der Waals surface area contributed by atoms with Gasteiger partial charge in [-0.25, -0.2) is 0 Å². The molecule has 2 aromatic rings. The highest BCUT2D eigenvalue weighted by Gasteiger charge is 2.17. The lowest BCUT2D eigenvalue weighted by Crippen LogP contribution is -2.14. The first kappa shape index (κ1) is 14.4. The summed E-state index contributed by atoms with van der Waals surface area (Å²) in [4.78, 5) is 12.4. The maximum absolute atomic E-state index is 12.4. The lowest BCUT2D eigenvalue weighted by atomic mass is 10.1. The summed E-state index contributed by atoms with van der Waals surface area (Å²) in [6, 6.07) is 4.93. The molecule has 0 unspecified atom stereocenters. The fourth-order valence-electron chi connectivity index (χ4n) is 1.99. The van der Waals surface area contributed by atoms with E-state index in [9.17, 15) is 4.79 Å². The average Bonchev–Trinajstić information content (AvgIpc) is 2.65. The highest BCUT2D eigenvalue weighted by molar-refractivity contribution is 6.31. The number of amides is 1. The van der Waals surface area contributed by atoms with Crippen molar-refractivity contribution < 1.29 is 9.53 Å². The predicted molar refractivity (Wildman–Crippen MR) is 78.6 cm³/mol. The second kappa shape index (κ2) is 5.54. The standard InChI is InChI=1S/C14H16ClN3O2/c1-8-13(9(2)18(3)17-8)16-14(19)11-7-10(15)5-6-12(11)20-4/h5-7H,1-4H3,(H,16,19). The van der Waals surface area contributed by atoms with E-state index in [1.807, 2.05) is 20.9 Å². The summed E-state index contributed by atoms with van der Waals surface area (Å²) < 4.78 is 6.91. The van der Waals surface area contributed by atoms with Gasteiger partial charge in [0, 0.05) is 12.1 Å². The Labute approximate surface area is 122 Å². The van der Waals surface area contributed by atoms with Crippen LogP contribution in [0.1, 0.15) is 21.7 Å². The number of nitrogens with zero attached hydrogens (tertiary/aromatic N) is 2. The minimum atomic E-state index is -0.274. The number of methoxy groups -OCH3 is 1. The van der Waals surface area contributed by atoms with Crippen LogP contribution in [-0.2, 0) is 7.05 Å². The van der Waals surface area contributed by atoms with Crippen molar-refractivity contribution in [1.29, 1.82) is 0 Å². The van der Waals surface area contributed by atoms with Crippen molar-refractivity contribution in [2.24, 2.45) is 7.05 Å². The fraction of sp³-hybridized carbons (Fsp3) is 0.286. The van der Waals surface area contributed by atoms with E-state index in [1.54, 1.807) is 22.9 Å². The van der Waals surface area contributed by atoms with Crippen LogP contribution in [0.2, 0.25) is 5.02 Å². The molecule has 1 aromatic heterocycles. The first-order valence-corrected chi connectivity index (χ1v) is 6.47. The number of benzene rings is 1. The Morgan fingerprint density at radius 3 is 2.65 bits per heavy atom. The zero-order valence-electron chi connectivity index (χ0n) is 11.8. The minimum absolute atomic E-state index is 0.274. The number of rotatable bonds is 3. The smallest absolute Gasteiger partial charge is 0.259 e. The number of nitrogens with one attached hydrogen (secondary N) is 1. The van der Waals surface area contributed by atoms with Gasteiger partial charge in [-0.2, -0.15) is 5.10 Å². The average molecular weight is 294 g/mol. The molecule has 0 aliphatic heterocycles. The molecule has 0 aliphatic carbocycles. The Hall–Kier alpha value is -2.01. The van der Waals surface area contributed by atoms with Crippen molar-refractivity contribution in [3.63, 3.8) is 0 Å². The van der Waals surface area contributed by atoms with Crippen LogP contribution in [-0.4, -0.2) is 22.8 Å². The number of anilines is 1. The largest absolute Gasteiger partial charge is 0.496 e. The van der Waals surface area contributed by atoms with Gasteiger partial charge in [0.25, 0.3) is 5.91 Å². The Morgan fingerprint density at radius 2 is 2.10 bits per heavy atom. The van der Waals surface area contributed by atoms with Crippen LogP contribution in [0.25, 0.3) is 0 Å². The van der Waals surface area contributed by atoms with Crippen molar-refractivity contribution in [2.45, 2.75) is 13.8 Å². The van der Waals surface area contributed by atoms with Crippen LogP contribution in [0.5, 0.6) is 5.75 Å². The van der Waals surface area contributed by atoms with Crippen molar-refractivity contribution in [3.8, 4) is 5.75 Å². The molecule has 20 heavy (non-hydrogen) atoms. The number of hydrogen-bond donors (Lipinski definition) is 1. The van der Waals surface area contributed by atoms with Gasteiger partial charge < -0.3 is 10.1 Å². The molecule has 0 saturated carbocycles. The first-order chi connectivity index (χ1) is 9.43. The summed E-state index contributed by atoms with van der Waals surface area (Å²) in [5.41, 5.74) is 2.75. The molecule has 0 aliphatic rings. The maximum atomic E-state index is 12.4. The van der Waals surface area contributed by atoms with Gasteiger partial charge in [-0.15, -0.1) is 0 Å². The van der Waals surface area contributed by atoms with Gasteiger partial charge in [-0.05, 0) is 32.0 Å². The fourth-order valence-corrected chi connectivity index (χ4v) is 2.17. The van der Waals surface area contributed by atoms with E-state index < -0.39 is 0 Å². The number of carbonyl (C=O) groups is 1. The van der Waals surface area contributed by atoms with Crippen LogP contribution in [0.15, 0.2) is 18.2 Å². The number of ether oxygens (including phenoxy) is 1. The molecule has 106 valence electrons. The van der Waals surface area contributed by atoms with Gasteiger partial charge >= 0.3 is 0 Å². The van der Waals surface area contributed by atoms with Crippen LogP contribution in [0.4, 0.5) is 5.69 Å². The second-order valence-electron chi connectivity index (χ2n) is 4.47. The van der Waals surface area contributed by atoms with Gasteiger partial charge in [-0.3, -0.25) is 9.48 Å². The van der Waals surface area contributed by atoms with Gasteiger partial charge in [0.2, 0.25) is 0 Å². The highest BCUT2D eigenvalue weighted by Crippen LogP contribution is 2.25. The van der Waals surface area contributed by atoms with Crippen LogP contribution < -0.4 is 10.1 Å². The number of halogens is 1. The number of aryl methyl sites for hydroxylation is 2. The molecule has 6 heteroatoms. The quantitative estimate of drug-likeness (QED) is 0.946. The van der Waals surface area contributed by atoms with Crippen molar-refractivity contribution in [1.82, 2.24) is 9.78 Å². The normalized spacial score (nSPS) is 10.4. The SMILES string of the molecule is COc1ccc(Cl)cc1C(=O)Nc1c(C)nn(C)c1C. The molecule has 0 fully saturated rings. The van der Waals surface area contributed by atoms with E-state index in [-0.39, 0.29) is 5.91 Å². The number of hydrogen-bond acceptors (Lipinski definition) is 3. The van der Waals surface area contributed by atoms with Crippen LogP contribution in [0.3, 0.4) is 0 Å². The third-order valence-corrected chi connectivity index (χ3v) is 3.39. The molecular formula is C14H16ClN3O2. The molecule has 0 saturated heterocycles. The van der Waals surface area contributed by atoms with E-state index in [0.717, 1.165) is 11.4 Å². The zero-order valence-corrected chi connectivity index (χ0v) is 12.6. The van der Waals surface area contributed by atoms with Gasteiger partial charge in [0.05, 0.1) is 29.7 Å². The van der Waals surface area contributed by atoms with Crippen molar-refractivity contribution in [2.75, 3.05) is 12.4 Å². The molecule has 1 amide bonds. The summed E-state index contributed by atoms with van der Waals surface area (Å²) in [6.07, 6.45) is 0. The lowest BCUT2D eigenvalue weighted by molar-refractivity contribution is 0.102. The van der Waals surface area contributed by atoms with Crippen LogP contribution >= 0.6 is 11.6 Å². The van der Waals surface area contributed by atoms with E-state index in [2.05, 4.69) is 10.4 Å². The molecule has 0 radical (unpaired) electrons. The number of aromatic nitrogens is 2. The lowest BCUT2D eigenvalue weighted by Gasteiger charge is -2.10. The summed E-state index contributed by atoms with van der Waals surface area (Å²) in [6.45, 7) is 3.74. The summed E-state index contributed by atoms with van der Waals surface area (Å²) in [7, 11) is 3.35. The van der Waals surface area contributed by atoms with Gasteiger partial charge in [-0.1, -0.05) is 11.6 Å². The molecule has 5 nitrogen and oxygen atoms in total. The monoisotopic (exact) mass is 293 g/mol. The molecule has 1 heterocycles. The number of carbonyl (C=O) groups excluding carboxylic acids is 1. The second-order valence-corrected chi connectivity index (χ2v) is 4.90. The Kier molecular flexibility index (Phi) is 3.99. The van der Waals surface area contributed by atoms with E-state index in [0.29, 0.717) is 22.0 Å². The summed E-state index contributed by atoms with van der Waals surface area (Å²) in [5, 5.41) is 7.60. The predicted octanol–water partition coefficient (Wildman–Crippen LogP) is 2.95. The Bertz CT molecular complexity index is 665. The maximum Gasteiger partial charge on any atom is 0.259 e. The van der Waals surface area contributed by atoms with Crippen molar-refractivity contribution in [3.05, 3.63) is 40.2 Å². The third-order valence-electron chi connectivity index (χ3n) is 3.15. The Balaban J connectivity index is 2.35. The first-order valence-electron chi connectivity index (χ1n) is 6.09. The summed E-state index contributed by atoms with van der Waals surface area (Å²) >= 11 is 5.94. The molecule has 0 spiro atoms. The van der Waals surface area contributed by atoms with E-state index in [4.69, 9.17) is 16.3 Å². The molecule has 1 N–H and O–H groups in total. The zero-order chi connectivity index (χ0) is 14.9. The van der Waals surface area contributed by atoms with Gasteiger partial charge in [0.15, 0.2) is 0 Å². The molecule has 0 atom stereocenters. The van der Waals surface area contributed by atoms with Crippen molar-refractivity contribution >= 4 is 23.2 Å². The molecule has 0 bridgehead atoms. The molecule has 1 aromatic carbocycles. The molecule has 2 rings (SSSR count). The van der Waals surface area contributed by atoms with Crippen LogP contribution in [0, 0.1) is 13.8 Å².